The smallest absolute Gasteiger partial charge is 0.119 e. The molecular formula is C14H16N2O. The van der Waals surface area contributed by atoms with E-state index < -0.39 is 0 Å². The fraction of sp³-hybridized carbons (Fsp3) is 0.143. The van der Waals surface area contributed by atoms with E-state index in [1.807, 2.05) is 49.5 Å². The van der Waals surface area contributed by atoms with Crippen molar-refractivity contribution >= 4 is 11.4 Å². The first-order valence-electron chi connectivity index (χ1n) is 5.46. The van der Waals surface area contributed by atoms with Crippen molar-refractivity contribution in [3.63, 3.8) is 0 Å². The maximum atomic E-state index is 6.00. The van der Waals surface area contributed by atoms with Crippen molar-refractivity contribution in [2.45, 2.75) is 0 Å². The number of ether oxygens (including phenoxy) is 1. The Bertz CT molecular complexity index is 523. The lowest BCUT2D eigenvalue weighted by molar-refractivity contribution is 0.415. The molecule has 17 heavy (non-hydrogen) atoms. The standard InChI is InChI=1S/C14H16N2O/c1-16-11-6-7-14(15)13(9-11)10-4-3-5-12(8-10)17-2/h3-9,16H,15H2,1-2H3. The van der Waals surface area contributed by atoms with Crippen LogP contribution in [0.1, 0.15) is 0 Å². The minimum absolute atomic E-state index is 0.761. The van der Waals surface area contributed by atoms with Crippen molar-refractivity contribution in [2.75, 3.05) is 25.2 Å². The second-order valence-corrected chi connectivity index (χ2v) is 3.78. The van der Waals surface area contributed by atoms with Crippen LogP contribution in [-0.2, 0) is 0 Å². The summed E-state index contributed by atoms with van der Waals surface area (Å²) in [4.78, 5) is 0. The zero-order valence-electron chi connectivity index (χ0n) is 10.0. The number of hydrogen-bond donors (Lipinski definition) is 2. The molecule has 0 aromatic heterocycles. The van der Waals surface area contributed by atoms with Crippen LogP contribution in [0.15, 0.2) is 42.5 Å². The maximum Gasteiger partial charge on any atom is 0.119 e. The van der Waals surface area contributed by atoms with Crippen LogP contribution in [0.3, 0.4) is 0 Å². The Morgan fingerprint density at radius 2 is 1.94 bits per heavy atom. The Balaban J connectivity index is 2.50. The van der Waals surface area contributed by atoms with Gasteiger partial charge in [-0.25, -0.2) is 0 Å². The molecule has 0 bridgehead atoms. The highest BCUT2D eigenvalue weighted by atomic mass is 16.5. The van der Waals surface area contributed by atoms with E-state index in [0.717, 1.165) is 28.3 Å². The van der Waals surface area contributed by atoms with E-state index in [-0.39, 0.29) is 0 Å². The van der Waals surface area contributed by atoms with Crippen molar-refractivity contribution in [1.29, 1.82) is 0 Å². The Morgan fingerprint density at radius 1 is 1.12 bits per heavy atom. The van der Waals surface area contributed by atoms with Gasteiger partial charge in [-0.15, -0.1) is 0 Å². The van der Waals surface area contributed by atoms with Gasteiger partial charge in [-0.05, 0) is 35.9 Å². The van der Waals surface area contributed by atoms with Crippen molar-refractivity contribution in [2.24, 2.45) is 0 Å². The summed E-state index contributed by atoms with van der Waals surface area (Å²) in [7, 11) is 3.55. The zero-order chi connectivity index (χ0) is 12.3. The van der Waals surface area contributed by atoms with Gasteiger partial charge >= 0.3 is 0 Å². The largest absolute Gasteiger partial charge is 0.497 e. The van der Waals surface area contributed by atoms with Crippen LogP contribution in [-0.4, -0.2) is 14.2 Å². The van der Waals surface area contributed by atoms with Crippen molar-refractivity contribution in [3.8, 4) is 16.9 Å². The molecule has 0 aliphatic heterocycles. The zero-order valence-corrected chi connectivity index (χ0v) is 10.0. The molecule has 0 amide bonds. The molecule has 3 nitrogen and oxygen atoms in total. The third-order valence-corrected chi connectivity index (χ3v) is 2.72. The quantitative estimate of drug-likeness (QED) is 0.794. The molecule has 0 aliphatic rings. The third-order valence-electron chi connectivity index (χ3n) is 2.72. The average Bonchev–Trinajstić information content (AvgIpc) is 2.39. The second kappa shape index (κ2) is 4.78. The lowest BCUT2D eigenvalue weighted by atomic mass is 10.0. The summed E-state index contributed by atoms with van der Waals surface area (Å²) in [5.41, 5.74) is 9.86. The Labute approximate surface area is 101 Å². The molecule has 0 aliphatic carbocycles. The summed E-state index contributed by atoms with van der Waals surface area (Å²) in [5, 5.41) is 3.11. The van der Waals surface area contributed by atoms with Crippen LogP contribution >= 0.6 is 0 Å². The summed E-state index contributed by atoms with van der Waals surface area (Å²) < 4.78 is 5.22. The molecule has 0 atom stereocenters. The van der Waals surface area contributed by atoms with E-state index >= 15 is 0 Å². The van der Waals surface area contributed by atoms with Crippen LogP contribution in [0.5, 0.6) is 5.75 Å². The van der Waals surface area contributed by atoms with Gasteiger partial charge < -0.3 is 15.8 Å². The van der Waals surface area contributed by atoms with Crippen LogP contribution in [0.2, 0.25) is 0 Å². The minimum atomic E-state index is 0.761. The lowest BCUT2D eigenvalue weighted by Gasteiger charge is -2.10. The van der Waals surface area contributed by atoms with Gasteiger partial charge in [0.25, 0.3) is 0 Å². The van der Waals surface area contributed by atoms with Crippen molar-refractivity contribution in [1.82, 2.24) is 0 Å². The summed E-state index contributed by atoms with van der Waals surface area (Å²) in [6.45, 7) is 0. The van der Waals surface area contributed by atoms with Gasteiger partial charge in [-0.1, -0.05) is 12.1 Å². The van der Waals surface area contributed by atoms with Gasteiger partial charge in [0.1, 0.15) is 5.75 Å². The number of rotatable bonds is 3. The molecule has 88 valence electrons. The summed E-state index contributed by atoms with van der Waals surface area (Å²) >= 11 is 0. The van der Waals surface area contributed by atoms with Crippen LogP contribution in [0, 0.1) is 0 Å². The van der Waals surface area contributed by atoms with Crippen molar-refractivity contribution in [3.05, 3.63) is 42.5 Å². The van der Waals surface area contributed by atoms with Crippen molar-refractivity contribution < 1.29 is 4.74 Å². The normalized spacial score (nSPS) is 10.0. The van der Waals surface area contributed by atoms with E-state index in [4.69, 9.17) is 10.5 Å². The number of nitrogens with one attached hydrogen (secondary N) is 1. The molecule has 0 heterocycles. The topological polar surface area (TPSA) is 47.3 Å². The predicted octanol–water partition coefficient (Wildman–Crippen LogP) is 2.99. The van der Waals surface area contributed by atoms with Gasteiger partial charge in [0, 0.05) is 24.0 Å². The van der Waals surface area contributed by atoms with E-state index in [9.17, 15) is 0 Å². The molecule has 2 aromatic carbocycles. The highest BCUT2D eigenvalue weighted by Gasteiger charge is 2.04. The number of anilines is 2. The molecule has 0 spiro atoms. The third kappa shape index (κ3) is 2.33. The molecule has 0 radical (unpaired) electrons. The fourth-order valence-corrected chi connectivity index (χ4v) is 1.75. The van der Waals surface area contributed by atoms with E-state index in [1.54, 1.807) is 7.11 Å². The predicted molar refractivity (Wildman–Crippen MR) is 72.4 cm³/mol. The van der Waals surface area contributed by atoms with Crippen LogP contribution < -0.4 is 15.8 Å². The average molecular weight is 228 g/mol. The molecule has 2 rings (SSSR count). The van der Waals surface area contributed by atoms with E-state index in [0.29, 0.717) is 0 Å². The van der Waals surface area contributed by atoms with Gasteiger partial charge in [0.05, 0.1) is 7.11 Å². The van der Waals surface area contributed by atoms with Gasteiger partial charge in [0.15, 0.2) is 0 Å². The van der Waals surface area contributed by atoms with Crippen LogP contribution in [0.25, 0.3) is 11.1 Å². The molecule has 2 aromatic rings. The number of nitrogen functional groups attached to an aromatic ring is 1. The molecule has 3 N–H and O–H groups in total. The molecule has 0 fully saturated rings. The molecule has 0 saturated heterocycles. The van der Waals surface area contributed by atoms with Gasteiger partial charge in [-0.3, -0.25) is 0 Å². The second-order valence-electron chi connectivity index (χ2n) is 3.78. The maximum absolute atomic E-state index is 6.00. The van der Waals surface area contributed by atoms with Gasteiger partial charge in [0.2, 0.25) is 0 Å². The summed E-state index contributed by atoms with van der Waals surface area (Å²) in [5.74, 6) is 0.830. The monoisotopic (exact) mass is 228 g/mol. The van der Waals surface area contributed by atoms with E-state index in [2.05, 4.69) is 5.32 Å². The highest BCUT2D eigenvalue weighted by molar-refractivity contribution is 5.80. The first-order valence-corrected chi connectivity index (χ1v) is 5.46. The lowest BCUT2D eigenvalue weighted by Crippen LogP contribution is -1.94. The summed E-state index contributed by atoms with van der Waals surface area (Å²) in [6, 6.07) is 13.8. The fourth-order valence-electron chi connectivity index (χ4n) is 1.75. The molecular weight excluding hydrogens is 212 g/mol. The van der Waals surface area contributed by atoms with Crippen LogP contribution in [0.4, 0.5) is 11.4 Å². The number of methoxy groups -OCH3 is 1. The first-order chi connectivity index (χ1) is 8.24. The SMILES string of the molecule is CNc1ccc(N)c(-c2cccc(OC)c2)c1. The number of hydrogen-bond acceptors (Lipinski definition) is 3. The highest BCUT2D eigenvalue weighted by Crippen LogP contribution is 2.30. The Hall–Kier alpha value is -2.16. The molecule has 3 heteroatoms. The number of benzene rings is 2. The Morgan fingerprint density at radius 3 is 2.65 bits per heavy atom. The van der Waals surface area contributed by atoms with Gasteiger partial charge in [-0.2, -0.15) is 0 Å². The summed E-state index contributed by atoms with van der Waals surface area (Å²) in [6.07, 6.45) is 0. The number of nitrogens with two attached hydrogens (primary N) is 1. The Kier molecular flexibility index (Phi) is 3.19. The molecule has 0 saturated carbocycles. The minimum Gasteiger partial charge on any atom is -0.497 e. The first kappa shape index (κ1) is 11.3. The van der Waals surface area contributed by atoms with E-state index in [1.165, 1.54) is 0 Å². The molecule has 0 unspecified atom stereocenters.